The minimum absolute atomic E-state index is 0.00623. The maximum Gasteiger partial charge on any atom is 0.329 e. The summed E-state index contributed by atoms with van der Waals surface area (Å²) in [6, 6.07) is -1.17. The maximum atomic E-state index is 14.6. The third-order valence-electron chi connectivity index (χ3n) is 16.8. The Morgan fingerprint density at radius 1 is 0.836 bits per heavy atom. The molecule has 0 radical (unpaired) electrons. The summed E-state index contributed by atoms with van der Waals surface area (Å²) < 4.78 is 35.8. The number of nitrogens with zero attached hydrogens (tertiary/aromatic N) is 2. The Hall–Kier alpha value is -3.94. The number of Topliss-reactive ketones (excluding diaryl/α,β-unsaturated/α-hetero) is 3. The van der Waals surface area contributed by atoms with Crippen LogP contribution in [0.2, 0.25) is 0 Å². The van der Waals surface area contributed by atoms with Gasteiger partial charge in [-0.15, -0.1) is 0 Å². The molecule has 3 N–H and O–H groups in total. The van der Waals surface area contributed by atoms with Crippen molar-refractivity contribution in [3.63, 3.8) is 0 Å². The molecule has 5 heterocycles. The minimum atomic E-state index is -2.47. The Bertz CT molecular complexity index is 2090. The van der Waals surface area contributed by atoms with Crippen LogP contribution < -0.4 is 0 Å². The topological polar surface area (TPSA) is 225 Å². The van der Waals surface area contributed by atoms with E-state index in [0.29, 0.717) is 89.3 Å². The van der Waals surface area contributed by atoms with Gasteiger partial charge in [-0.2, -0.15) is 0 Å². The third-order valence-corrected chi connectivity index (χ3v) is 16.8. The molecule has 0 aromatic carbocycles. The standard InChI is InChI=1S/C56H84N2O15/c1-32-14-11-10-12-15-33(2)45(68-7)28-40-19-17-37(6)56(67,73-40)53(64)54(65)58-22-13-16-41-42(26-38-18-20-44(47(27-38)69-8)71-48(61)31-57-23-21-39(59)30-57)46(72-55(66)49(41)58)29-43(60)34(3)25-36(5)51(63)52(70-9)50(62)35(4)24-32/h10-12,14-15,25,32,34-35,37-42,44-47,49,51-52,59,63,67H,13,16-24,26-31H2,1-9H3/b12-10+,14-11+,33-15+,36-25+/t32-,34-,35-,37-,38+,39-,40+,41?,42+,44-,45+,46+,47-,49+,51-,52+,56-/m1/s1. The molecule has 1 amide bonds. The number of rotatable bonds is 8. The highest BCUT2D eigenvalue weighted by molar-refractivity contribution is 6.39. The summed E-state index contributed by atoms with van der Waals surface area (Å²) in [5, 5.41) is 33.6. The molecule has 6 bridgehead atoms. The van der Waals surface area contributed by atoms with Crippen molar-refractivity contribution in [1.82, 2.24) is 9.80 Å². The van der Waals surface area contributed by atoms with Crippen molar-refractivity contribution in [3.8, 4) is 0 Å². The molecule has 17 nitrogen and oxygen atoms in total. The van der Waals surface area contributed by atoms with Crippen molar-refractivity contribution in [3.05, 3.63) is 47.6 Å². The van der Waals surface area contributed by atoms with Crippen LogP contribution in [0.1, 0.15) is 119 Å². The quantitative estimate of drug-likeness (QED) is 0.165. The first-order valence-electron chi connectivity index (χ1n) is 26.8. The number of fused-ring (bicyclic) bond motifs is 3. The van der Waals surface area contributed by atoms with Gasteiger partial charge in [-0.3, -0.25) is 28.9 Å². The summed E-state index contributed by atoms with van der Waals surface area (Å²) >= 11 is 0. The van der Waals surface area contributed by atoms with Crippen molar-refractivity contribution in [2.45, 2.75) is 179 Å². The van der Waals surface area contributed by atoms with Crippen molar-refractivity contribution in [2.24, 2.45) is 41.4 Å². The first kappa shape index (κ1) is 58.3. The van der Waals surface area contributed by atoms with Crippen molar-refractivity contribution in [2.75, 3.05) is 47.5 Å². The molecule has 0 aromatic heterocycles. The Morgan fingerprint density at radius 2 is 1.59 bits per heavy atom. The van der Waals surface area contributed by atoms with E-state index < -0.39 is 114 Å². The summed E-state index contributed by atoms with van der Waals surface area (Å²) in [4.78, 5) is 87.8. The molecule has 6 rings (SSSR count). The summed E-state index contributed by atoms with van der Waals surface area (Å²) in [7, 11) is 4.52. The van der Waals surface area contributed by atoms with Gasteiger partial charge in [-0.05, 0) is 107 Å². The number of amides is 1. The van der Waals surface area contributed by atoms with E-state index in [4.69, 9.17) is 28.4 Å². The number of likely N-dealkylation sites (tertiary alicyclic amines) is 1. The van der Waals surface area contributed by atoms with Gasteiger partial charge >= 0.3 is 11.9 Å². The molecule has 4 saturated heterocycles. The average Bonchev–Trinajstić information content (AvgIpc) is 3.77. The van der Waals surface area contributed by atoms with Crippen LogP contribution >= 0.6 is 0 Å². The number of piperidine rings is 1. The predicted molar refractivity (Wildman–Crippen MR) is 269 cm³/mol. The second-order valence-corrected chi connectivity index (χ2v) is 22.2. The minimum Gasteiger partial charge on any atom is -0.460 e. The molecule has 0 spiro atoms. The average molecular weight is 1030 g/mol. The number of β-amino-alcohol motifs (C(OH)–C–C–N with tert-alkyl or cyclic N) is 1. The van der Waals surface area contributed by atoms with E-state index in [9.17, 15) is 44.1 Å². The Balaban J connectivity index is 1.30. The summed E-state index contributed by atoms with van der Waals surface area (Å²) in [6.07, 6.45) is 10.4. The summed E-state index contributed by atoms with van der Waals surface area (Å²) in [6.45, 7) is 11.9. The SMILES string of the molecule is CO[C@H]1C[C@@H]2CC[C@@H](C)[C@@](O)(O2)C(=O)C(=O)N2CCCC3[C@H]2C(=O)O[C@@H](CC(=O)[C@H](C)/C=C(\C)[C@@H](O)[C@@H](OC)C(=O)[C@H](C)C[C@H](C)/C=C/C=C/C=C/1C)[C@H]3C[C@@H]1CC[C@@H](OC(=O)CN2CC[C@@H](O)C2)[C@H](OC)C1. The number of methoxy groups -OCH3 is 3. The number of carbonyl (C=O) groups excluding carboxylic acids is 6. The van der Waals surface area contributed by atoms with E-state index in [1.165, 1.54) is 12.0 Å². The highest BCUT2D eigenvalue weighted by Crippen LogP contribution is 2.46. The van der Waals surface area contributed by atoms with Gasteiger partial charge in [0.15, 0.2) is 5.78 Å². The fraction of sp³-hybridized carbons (Fsp3) is 0.750. The first-order valence-corrected chi connectivity index (χ1v) is 26.8. The van der Waals surface area contributed by atoms with Crippen LogP contribution in [0.5, 0.6) is 0 Å². The number of aliphatic hydroxyl groups excluding tert-OH is 2. The van der Waals surface area contributed by atoms with Crippen LogP contribution in [0.15, 0.2) is 47.6 Å². The normalized spacial score (nSPS) is 41.6. The number of aliphatic hydroxyl groups is 3. The van der Waals surface area contributed by atoms with Crippen molar-refractivity contribution in [1.29, 1.82) is 0 Å². The molecule has 1 saturated carbocycles. The number of hydrogen-bond acceptors (Lipinski definition) is 16. The van der Waals surface area contributed by atoms with Crippen LogP contribution in [0, 0.1) is 41.4 Å². The lowest BCUT2D eigenvalue weighted by atomic mass is 9.68. The molecule has 5 fully saturated rings. The molecule has 6 aliphatic rings. The molecule has 1 aliphatic carbocycles. The molecular weight excluding hydrogens is 941 g/mol. The zero-order valence-electron chi connectivity index (χ0n) is 44.7. The second kappa shape index (κ2) is 26.2. The molecule has 17 atom stereocenters. The lowest BCUT2D eigenvalue weighted by Gasteiger charge is -2.50. The van der Waals surface area contributed by atoms with Gasteiger partial charge in [0.25, 0.3) is 11.7 Å². The van der Waals surface area contributed by atoms with Gasteiger partial charge in [0.1, 0.15) is 36.2 Å². The highest BCUT2D eigenvalue weighted by Gasteiger charge is 2.57. The zero-order valence-corrected chi connectivity index (χ0v) is 44.7. The number of esters is 2. The van der Waals surface area contributed by atoms with E-state index in [-0.39, 0.29) is 42.9 Å². The molecule has 17 heteroatoms. The Labute approximate surface area is 432 Å². The second-order valence-electron chi connectivity index (χ2n) is 22.2. The first-order chi connectivity index (χ1) is 34.7. The zero-order chi connectivity index (χ0) is 53.3. The fourth-order valence-corrected chi connectivity index (χ4v) is 12.4. The Kier molecular flexibility index (Phi) is 20.9. The highest BCUT2D eigenvalue weighted by atomic mass is 16.6. The van der Waals surface area contributed by atoms with Crippen LogP contribution in [0.4, 0.5) is 0 Å². The van der Waals surface area contributed by atoms with Gasteiger partial charge in [0.05, 0.1) is 31.0 Å². The van der Waals surface area contributed by atoms with Gasteiger partial charge in [0.2, 0.25) is 5.79 Å². The largest absolute Gasteiger partial charge is 0.460 e. The van der Waals surface area contributed by atoms with Crippen LogP contribution in [0.25, 0.3) is 0 Å². The van der Waals surface area contributed by atoms with Crippen LogP contribution in [-0.2, 0) is 57.2 Å². The molecule has 408 valence electrons. The molecule has 5 aliphatic heterocycles. The van der Waals surface area contributed by atoms with E-state index >= 15 is 0 Å². The van der Waals surface area contributed by atoms with Crippen LogP contribution in [0.3, 0.4) is 0 Å². The van der Waals surface area contributed by atoms with Gasteiger partial charge in [-0.1, -0.05) is 64.2 Å². The number of hydrogen-bond donors (Lipinski definition) is 3. The number of ether oxygens (including phenoxy) is 6. The van der Waals surface area contributed by atoms with E-state index in [2.05, 4.69) is 0 Å². The van der Waals surface area contributed by atoms with Crippen molar-refractivity contribution < 1.29 is 72.5 Å². The lowest BCUT2D eigenvalue weighted by Crippen LogP contribution is -2.65. The number of ketones is 3. The predicted octanol–water partition coefficient (Wildman–Crippen LogP) is 5.02. The Morgan fingerprint density at radius 3 is 2.27 bits per heavy atom. The smallest absolute Gasteiger partial charge is 0.329 e. The van der Waals surface area contributed by atoms with Crippen molar-refractivity contribution >= 4 is 35.2 Å². The van der Waals surface area contributed by atoms with E-state index in [0.717, 1.165) is 5.57 Å². The van der Waals surface area contributed by atoms with Gasteiger partial charge in [-0.25, -0.2) is 4.79 Å². The van der Waals surface area contributed by atoms with Gasteiger partial charge in [0, 0.05) is 77.5 Å². The van der Waals surface area contributed by atoms with Crippen LogP contribution in [-0.4, -0.2) is 168 Å². The lowest BCUT2D eigenvalue weighted by molar-refractivity contribution is -0.266. The number of allylic oxidation sites excluding steroid dienone is 6. The molecule has 73 heavy (non-hydrogen) atoms. The van der Waals surface area contributed by atoms with E-state index in [1.54, 1.807) is 41.1 Å². The molecular formula is C56H84N2O15. The number of carbonyl (C=O) groups is 6. The monoisotopic (exact) mass is 1020 g/mol. The molecule has 0 aromatic rings. The third kappa shape index (κ3) is 14.3. The summed E-state index contributed by atoms with van der Waals surface area (Å²) in [5.74, 6) is -9.27. The fourth-order valence-electron chi connectivity index (χ4n) is 12.4. The van der Waals surface area contributed by atoms with Gasteiger partial charge < -0.3 is 48.6 Å². The summed E-state index contributed by atoms with van der Waals surface area (Å²) in [5.41, 5.74) is 1.25. The molecule has 1 unspecified atom stereocenters. The van der Waals surface area contributed by atoms with E-state index in [1.807, 2.05) is 56.1 Å². The maximum absolute atomic E-state index is 14.6.